The fourth-order valence-corrected chi connectivity index (χ4v) is 2.68. The van der Waals surface area contributed by atoms with E-state index in [-0.39, 0.29) is 11.9 Å². The van der Waals surface area contributed by atoms with E-state index in [9.17, 15) is 4.39 Å². The van der Waals surface area contributed by atoms with Crippen molar-refractivity contribution in [1.82, 2.24) is 4.90 Å². The van der Waals surface area contributed by atoms with Gasteiger partial charge in [0.15, 0.2) is 0 Å². The summed E-state index contributed by atoms with van der Waals surface area (Å²) in [6.07, 6.45) is 4.82. The molecule has 94 valence electrons. The molecular weight excluding hydrogens is 215 g/mol. The standard InChI is InChI=1S/C14H21FN2/c1-17(14-5-3-2-4-13(14)16)10-11-6-8-12(15)9-7-11/h6-9,13-14H,2-5,10,16H2,1H3/t13-,14-/m1/s1. The van der Waals surface area contributed by atoms with Crippen LogP contribution in [0.15, 0.2) is 24.3 Å². The van der Waals surface area contributed by atoms with E-state index in [1.165, 1.54) is 31.4 Å². The molecule has 0 aliphatic heterocycles. The van der Waals surface area contributed by atoms with Crippen LogP contribution >= 0.6 is 0 Å². The van der Waals surface area contributed by atoms with Gasteiger partial charge in [0.2, 0.25) is 0 Å². The molecule has 0 saturated heterocycles. The van der Waals surface area contributed by atoms with E-state index in [0.29, 0.717) is 6.04 Å². The van der Waals surface area contributed by atoms with E-state index in [1.54, 1.807) is 0 Å². The zero-order valence-corrected chi connectivity index (χ0v) is 10.4. The van der Waals surface area contributed by atoms with Gasteiger partial charge >= 0.3 is 0 Å². The van der Waals surface area contributed by atoms with Crippen molar-refractivity contribution >= 4 is 0 Å². The summed E-state index contributed by atoms with van der Waals surface area (Å²) < 4.78 is 12.8. The van der Waals surface area contributed by atoms with Crippen molar-refractivity contribution in [3.8, 4) is 0 Å². The van der Waals surface area contributed by atoms with Gasteiger partial charge in [-0.2, -0.15) is 0 Å². The van der Waals surface area contributed by atoms with Crippen LogP contribution in [-0.2, 0) is 6.54 Å². The van der Waals surface area contributed by atoms with Crippen molar-refractivity contribution in [2.45, 2.75) is 44.3 Å². The molecule has 0 heterocycles. The Morgan fingerprint density at radius 3 is 2.53 bits per heavy atom. The van der Waals surface area contributed by atoms with Crippen molar-refractivity contribution in [2.75, 3.05) is 7.05 Å². The molecular formula is C14H21FN2. The van der Waals surface area contributed by atoms with Crippen molar-refractivity contribution < 1.29 is 4.39 Å². The van der Waals surface area contributed by atoms with Gasteiger partial charge in [-0.15, -0.1) is 0 Å². The van der Waals surface area contributed by atoms with Gasteiger partial charge < -0.3 is 5.73 Å². The lowest BCUT2D eigenvalue weighted by molar-refractivity contribution is 0.162. The Bertz CT molecular complexity index is 350. The summed E-state index contributed by atoms with van der Waals surface area (Å²) >= 11 is 0. The lowest BCUT2D eigenvalue weighted by Crippen LogP contribution is -2.47. The molecule has 0 aromatic heterocycles. The second-order valence-electron chi connectivity index (χ2n) is 5.06. The largest absolute Gasteiger partial charge is 0.326 e. The third-order valence-electron chi connectivity index (χ3n) is 3.69. The molecule has 1 aliphatic carbocycles. The molecule has 0 bridgehead atoms. The highest BCUT2D eigenvalue weighted by atomic mass is 19.1. The van der Waals surface area contributed by atoms with Crippen LogP contribution in [0.1, 0.15) is 31.2 Å². The van der Waals surface area contributed by atoms with Crippen LogP contribution < -0.4 is 5.73 Å². The maximum atomic E-state index is 12.8. The molecule has 1 aliphatic rings. The number of hydrogen-bond acceptors (Lipinski definition) is 2. The Kier molecular flexibility index (Phi) is 4.13. The summed E-state index contributed by atoms with van der Waals surface area (Å²) in [6.45, 7) is 0.846. The highest BCUT2D eigenvalue weighted by molar-refractivity contribution is 5.16. The van der Waals surface area contributed by atoms with Crippen molar-refractivity contribution in [3.63, 3.8) is 0 Å². The Morgan fingerprint density at radius 1 is 1.24 bits per heavy atom. The average Bonchev–Trinajstić information content (AvgIpc) is 2.32. The fraction of sp³-hybridized carbons (Fsp3) is 0.571. The molecule has 2 N–H and O–H groups in total. The molecule has 3 heteroatoms. The molecule has 1 fully saturated rings. The van der Waals surface area contributed by atoms with Crippen molar-refractivity contribution in [3.05, 3.63) is 35.6 Å². The smallest absolute Gasteiger partial charge is 0.123 e. The zero-order chi connectivity index (χ0) is 12.3. The maximum Gasteiger partial charge on any atom is 0.123 e. The number of nitrogens with zero attached hydrogens (tertiary/aromatic N) is 1. The second kappa shape index (κ2) is 5.61. The van der Waals surface area contributed by atoms with Crippen molar-refractivity contribution in [2.24, 2.45) is 5.73 Å². The Balaban J connectivity index is 1.95. The van der Waals surface area contributed by atoms with E-state index in [1.807, 2.05) is 12.1 Å². The van der Waals surface area contributed by atoms with E-state index < -0.39 is 0 Å². The van der Waals surface area contributed by atoms with Crippen LogP contribution in [0.3, 0.4) is 0 Å². The molecule has 2 nitrogen and oxygen atoms in total. The molecule has 1 aromatic carbocycles. The van der Waals surface area contributed by atoms with Gasteiger partial charge in [-0.1, -0.05) is 25.0 Å². The van der Waals surface area contributed by atoms with Gasteiger partial charge in [0.1, 0.15) is 5.82 Å². The van der Waals surface area contributed by atoms with E-state index in [2.05, 4.69) is 11.9 Å². The molecule has 0 spiro atoms. The first-order valence-corrected chi connectivity index (χ1v) is 6.37. The average molecular weight is 236 g/mol. The molecule has 0 unspecified atom stereocenters. The minimum absolute atomic E-state index is 0.175. The lowest BCUT2D eigenvalue weighted by Gasteiger charge is -2.36. The molecule has 17 heavy (non-hydrogen) atoms. The monoisotopic (exact) mass is 236 g/mol. The van der Waals surface area contributed by atoms with Crippen LogP contribution in [-0.4, -0.2) is 24.0 Å². The topological polar surface area (TPSA) is 29.3 Å². The lowest BCUT2D eigenvalue weighted by atomic mass is 9.90. The van der Waals surface area contributed by atoms with E-state index in [0.717, 1.165) is 18.5 Å². The number of halogens is 1. The zero-order valence-electron chi connectivity index (χ0n) is 10.4. The summed E-state index contributed by atoms with van der Waals surface area (Å²) in [7, 11) is 2.11. The van der Waals surface area contributed by atoms with E-state index >= 15 is 0 Å². The van der Waals surface area contributed by atoms with Gasteiger partial charge in [-0.05, 0) is 37.6 Å². The summed E-state index contributed by atoms with van der Waals surface area (Å²) in [5.41, 5.74) is 7.30. The number of hydrogen-bond donors (Lipinski definition) is 1. The van der Waals surface area contributed by atoms with Crippen molar-refractivity contribution in [1.29, 1.82) is 0 Å². The second-order valence-corrected chi connectivity index (χ2v) is 5.06. The first kappa shape index (κ1) is 12.5. The van der Waals surface area contributed by atoms with E-state index in [4.69, 9.17) is 5.73 Å². The Morgan fingerprint density at radius 2 is 1.88 bits per heavy atom. The first-order valence-electron chi connectivity index (χ1n) is 6.37. The highest BCUT2D eigenvalue weighted by Crippen LogP contribution is 2.22. The maximum absolute atomic E-state index is 12.8. The van der Waals surface area contributed by atoms with Gasteiger partial charge in [-0.25, -0.2) is 4.39 Å². The van der Waals surface area contributed by atoms with Crippen LogP contribution in [0.5, 0.6) is 0 Å². The van der Waals surface area contributed by atoms with Crippen LogP contribution in [0, 0.1) is 5.82 Å². The number of nitrogens with two attached hydrogens (primary N) is 1. The Labute approximate surface area is 103 Å². The quantitative estimate of drug-likeness (QED) is 0.873. The minimum Gasteiger partial charge on any atom is -0.326 e. The summed E-state index contributed by atoms with van der Waals surface area (Å²) in [6, 6.07) is 7.48. The summed E-state index contributed by atoms with van der Waals surface area (Å²) in [5, 5.41) is 0. The van der Waals surface area contributed by atoms with Crippen LogP contribution in [0.25, 0.3) is 0 Å². The van der Waals surface area contributed by atoms with Crippen LogP contribution in [0.2, 0.25) is 0 Å². The first-order chi connectivity index (χ1) is 8.16. The molecule has 0 radical (unpaired) electrons. The molecule has 1 aromatic rings. The molecule has 2 rings (SSSR count). The summed E-state index contributed by atoms with van der Waals surface area (Å²) in [4.78, 5) is 2.30. The SMILES string of the molecule is CN(Cc1ccc(F)cc1)[C@@H]1CCCC[C@H]1N. The molecule has 0 amide bonds. The van der Waals surface area contributed by atoms with Gasteiger partial charge in [0.25, 0.3) is 0 Å². The fourth-order valence-electron chi connectivity index (χ4n) is 2.68. The minimum atomic E-state index is -0.175. The third-order valence-corrected chi connectivity index (χ3v) is 3.69. The normalized spacial score (nSPS) is 25.2. The Hall–Kier alpha value is -0.930. The highest BCUT2D eigenvalue weighted by Gasteiger charge is 2.25. The van der Waals surface area contributed by atoms with Gasteiger partial charge in [0.05, 0.1) is 0 Å². The number of likely N-dealkylation sites (N-methyl/N-ethyl adjacent to an activating group) is 1. The van der Waals surface area contributed by atoms with Crippen LogP contribution in [0.4, 0.5) is 4.39 Å². The molecule has 2 atom stereocenters. The van der Waals surface area contributed by atoms with Gasteiger partial charge in [-0.3, -0.25) is 4.90 Å². The third kappa shape index (κ3) is 3.27. The predicted molar refractivity (Wildman–Crippen MR) is 68.1 cm³/mol. The molecule has 1 saturated carbocycles. The number of rotatable bonds is 3. The predicted octanol–water partition coefficient (Wildman–Crippen LogP) is 2.53. The van der Waals surface area contributed by atoms with Gasteiger partial charge in [0, 0.05) is 18.6 Å². The summed E-state index contributed by atoms with van der Waals surface area (Å²) in [5.74, 6) is -0.175. The number of benzene rings is 1.